The molecular formula is C29H44N2O6. The lowest BCUT2D eigenvalue weighted by molar-refractivity contribution is -0.237. The summed E-state index contributed by atoms with van der Waals surface area (Å²) in [4.78, 5) is 19.2. The number of rotatable bonds is 5. The first-order valence-corrected chi connectivity index (χ1v) is 14.5. The van der Waals surface area contributed by atoms with Crippen molar-refractivity contribution >= 4 is 12.2 Å². The molecule has 4 saturated carbocycles. The van der Waals surface area contributed by atoms with Crippen molar-refractivity contribution in [2.24, 2.45) is 33.6 Å². The van der Waals surface area contributed by atoms with Crippen LogP contribution in [0.2, 0.25) is 0 Å². The monoisotopic (exact) mass is 516 g/mol. The van der Waals surface area contributed by atoms with Crippen molar-refractivity contribution in [2.45, 2.75) is 82.0 Å². The third-order valence-electron chi connectivity index (χ3n) is 11.6. The van der Waals surface area contributed by atoms with Crippen molar-refractivity contribution in [3.8, 4) is 0 Å². The average Bonchev–Trinajstić information content (AvgIpc) is 3.42. The normalized spacial score (nSPS) is 48.3. The number of cyclic esters (lactones) is 1. The van der Waals surface area contributed by atoms with Gasteiger partial charge in [0.1, 0.15) is 6.61 Å². The maximum atomic E-state index is 12.5. The topological polar surface area (TPSA) is 112 Å². The summed E-state index contributed by atoms with van der Waals surface area (Å²) in [5.41, 5.74) is -1.65. The summed E-state index contributed by atoms with van der Waals surface area (Å²) in [7, 11) is 0. The number of hydrogen-bond acceptors (Lipinski definition) is 8. The van der Waals surface area contributed by atoms with Crippen LogP contribution in [0.15, 0.2) is 16.6 Å². The summed E-state index contributed by atoms with van der Waals surface area (Å²) in [6, 6.07) is 0. The number of ether oxygens (including phenoxy) is 2. The van der Waals surface area contributed by atoms with Crippen LogP contribution in [0.25, 0.3) is 0 Å². The van der Waals surface area contributed by atoms with Crippen LogP contribution in [0, 0.1) is 28.6 Å². The Kier molecular flexibility index (Phi) is 6.59. The third-order valence-corrected chi connectivity index (χ3v) is 11.6. The Bertz CT molecular complexity index is 964. The van der Waals surface area contributed by atoms with Gasteiger partial charge in [-0.25, -0.2) is 4.79 Å². The Morgan fingerprint density at radius 2 is 1.86 bits per heavy atom. The summed E-state index contributed by atoms with van der Waals surface area (Å²) in [5.74, 6) is 0.0738. The van der Waals surface area contributed by atoms with E-state index >= 15 is 0 Å². The van der Waals surface area contributed by atoms with Crippen molar-refractivity contribution in [3.05, 3.63) is 11.6 Å². The van der Waals surface area contributed by atoms with E-state index in [1.165, 1.54) is 0 Å². The minimum absolute atomic E-state index is 0.0658. The van der Waals surface area contributed by atoms with E-state index in [0.29, 0.717) is 45.3 Å². The highest BCUT2D eigenvalue weighted by Crippen LogP contribution is 2.70. The number of nitrogens with zero attached hydrogens (tertiary/aromatic N) is 2. The summed E-state index contributed by atoms with van der Waals surface area (Å²) >= 11 is 0. The molecule has 8 atom stereocenters. The summed E-state index contributed by atoms with van der Waals surface area (Å²) < 4.78 is 10.7. The van der Waals surface area contributed by atoms with Gasteiger partial charge in [0.05, 0.1) is 37.1 Å². The number of hydrogen-bond donors (Lipinski definition) is 3. The van der Waals surface area contributed by atoms with Gasteiger partial charge in [0, 0.05) is 49.2 Å². The Labute approximate surface area is 220 Å². The van der Waals surface area contributed by atoms with Crippen LogP contribution in [0.5, 0.6) is 0 Å². The Hall–Kier alpha value is -1.32. The van der Waals surface area contributed by atoms with Crippen molar-refractivity contribution in [1.82, 2.24) is 4.90 Å². The fourth-order valence-electron chi connectivity index (χ4n) is 9.61. The number of morpholine rings is 1. The number of aliphatic imine (C=N–C) groups is 1. The molecule has 6 rings (SSSR count). The van der Waals surface area contributed by atoms with Crippen LogP contribution >= 0.6 is 0 Å². The van der Waals surface area contributed by atoms with Crippen LogP contribution in [0.1, 0.15) is 64.7 Å². The second kappa shape index (κ2) is 9.40. The zero-order valence-corrected chi connectivity index (χ0v) is 22.2. The summed E-state index contributed by atoms with van der Waals surface area (Å²) in [5, 5.41) is 35.2. The molecule has 8 nitrogen and oxygen atoms in total. The van der Waals surface area contributed by atoms with E-state index in [4.69, 9.17) is 14.5 Å². The first kappa shape index (κ1) is 25.9. The van der Waals surface area contributed by atoms with Gasteiger partial charge in [-0.2, -0.15) is 0 Å². The molecule has 206 valence electrons. The minimum Gasteiger partial charge on any atom is -0.458 e. The zero-order chi connectivity index (χ0) is 25.9. The molecule has 2 heterocycles. The van der Waals surface area contributed by atoms with Gasteiger partial charge in [0.15, 0.2) is 0 Å². The average molecular weight is 517 g/mol. The lowest BCUT2D eigenvalue weighted by Gasteiger charge is -2.65. The molecule has 37 heavy (non-hydrogen) atoms. The molecule has 2 aliphatic heterocycles. The fourth-order valence-corrected chi connectivity index (χ4v) is 9.61. The molecule has 0 amide bonds. The lowest BCUT2D eigenvalue weighted by atomic mass is 9.41. The lowest BCUT2D eigenvalue weighted by Crippen LogP contribution is -2.68. The molecule has 5 fully saturated rings. The molecule has 0 unspecified atom stereocenters. The number of fused-ring (bicyclic) bond motifs is 5. The van der Waals surface area contributed by atoms with Gasteiger partial charge in [-0.1, -0.05) is 6.92 Å². The van der Waals surface area contributed by atoms with Crippen LogP contribution in [-0.2, 0) is 14.3 Å². The first-order chi connectivity index (χ1) is 17.7. The number of aliphatic hydroxyl groups is 3. The predicted octanol–water partition coefficient (Wildman–Crippen LogP) is 2.10. The van der Waals surface area contributed by atoms with E-state index in [1.807, 2.05) is 0 Å². The predicted molar refractivity (Wildman–Crippen MR) is 138 cm³/mol. The molecule has 0 aromatic heterocycles. The number of aliphatic hydroxyl groups excluding tert-OH is 1. The quantitative estimate of drug-likeness (QED) is 0.379. The van der Waals surface area contributed by atoms with Crippen LogP contribution in [0.4, 0.5) is 0 Å². The molecule has 0 aromatic carbocycles. The van der Waals surface area contributed by atoms with E-state index in [9.17, 15) is 20.1 Å². The van der Waals surface area contributed by atoms with Crippen LogP contribution in [0.3, 0.4) is 0 Å². The standard InChI is InChI=1S/C29H44N2O6/c1-26-6-3-23-24(29(26,35)9-5-22(26)20-16-25(33)37-18-20)4-8-28(34)17-21(32)2-7-27(23,28)19-30-10-11-31-12-14-36-15-13-31/h16,19,21-24,32,34-35H,2-15,17-18H2,1H3/t21-,22+,23-,24+,26+,27-,28+,29+/m0/s1. The largest absolute Gasteiger partial charge is 0.458 e. The van der Waals surface area contributed by atoms with Crippen molar-refractivity contribution in [3.63, 3.8) is 0 Å². The Morgan fingerprint density at radius 3 is 2.62 bits per heavy atom. The molecule has 3 N–H and O–H groups in total. The first-order valence-electron chi connectivity index (χ1n) is 14.5. The van der Waals surface area contributed by atoms with E-state index < -0.39 is 22.7 Å². The van der Waals surface area contributed by atoms with Gasteiger partial charge in [0.25, 0.3) is 0 Å². The minimum atomic E-state index is -0.995. The highest BCUT2D eigenvalue weighted by Gasteiger charge is 2.71. The van der Waals surface area contributed by atoms with E-state index in [-0.39, 0.29) is 29.1 Å². The van der Waals surface area contributed by atoms with Crippen LogP contribution in [-0.4, -0.2) is 95.7 Å². The fraction of sp³-hybridized carbons (Fsp3) is 0.862. The van der Waals surface area contributed by atoms with Crippen molar-refractivity contribution in [1.29, 1.82) is 0 Å². The van der Waals surface area contributed by atoms with Crippen molar-refractivity contribution in [2.75, 3.05) is 46.0 Å². The van der Waals surface area contributed by atoms with Gasteiger partial charge in [-0.3, -0.25) is 9.89 Å². The molecule has 4 aliphatic carbocycles. The molecule has 6 aliphatic rings. The van der Waals surface area contributed by atoms with E-state index in [1.54, 1.807) is 6.08 Å². The smallest absolute Gasteiger partial charge is 0.331 e. The highest BCUT2D eigenvalue weighted by atomic mass is 16.5. The van der Waals surface area contributed by atoms with Gasteiger partial charge >= 0.3 is 5.97 Å². The van der Waals surface area contributed by atoms with Crippen molar-refractivity contribution < 1.29 is 29.6 Å². The van der Waals surface area contributed by atoms with E-state index in [2.05, 4.69) is 18.0 Å². The van der Waals surface area contributed by atoms with Crippen LogP contribution < -0.4 is 0 Å². The highest BCUT2D eigenvalue weighted by molar-refractivity contribution is 5.85. The Morgan fingerprint density at radius 1 is 1.08 bits per heavy atom. The second-order valence-electron chi connectivity index (χ2n) is 13.0. The number of esters is 1. The maximum Gasteiger partial charge on any atom is 0.331 e. The molecule has 1 saturated heterocycles. The molecule has 8 heteroatoms. The van der Waals surface area contributed by atoms with E-state index in [0.717, 1.165) is 64.1 Å². The molecule has 0 bridgehead atoms. The summed E-state index contributed by atoms with van der Waals surface area (Å²) in [6.45, 7) is 7.53. The number of carbonyl (C=O) groups excluding carboxylic acids is 1. The molecule has 0 aromatic rings. The SMILES string of the molecule is C[C@]12CC[C@H]3[C@@H](CC[C@@]4(O)C[C@@H](O)CC[C@]34C=NCCN3CCOCC3)[C@]1(O)CC[C@@H]2C1=CC(=O)OC1. The molecule has 0 radical (unpaired) electrons. The molecular weight excluding hydrogens is 472 g/mol. The van der Waals surface area contributed by atoms with Gasteiger partial charge in [-0.05, 0) is 74.7 Å². The molecule has 0 spiro atoms. The zero-order valence-electron chi connectivity index (χ0n) is 22.2. The third kappa shape index (κ3) is 3.96. The summed E-state index contributed by atoms with van der Waals surface area (Å²) in [6.07, 6.45) is 9.65. The van der Waals surface area contributed by atoms with Gasteiger partial charge in [-0.15, -0.1) is 0 Å². The number of carbonyl (C=O) groups is 1. The van der Waals surface area contributed by atoms with Gasteiger partial charge in [0.2, 0.25) is 0 Å². The Balaban J connectivity index is 1.28. The maximum absolute atomic E-state index is 12.5. The second-order valence-corrected chi connectivity index (χ2v) is 13.0. The van der Waals surface area contributed by atoms with Gasteiger partial charge < -0.3 is 24.8 Å².